The van der Waals surface area contributed by atoms with E-state index in [4.69, 9.17) is 14.5 Å². The lowest BCUT2D eigenvalue weighted by Gasteiger charge is -2.16. The molecule has 2 heterocycles. The summed E-state index contributed by atoms with van der Waals surface area (Å²) in [5.74, 6) is 1.28. The molecule has 0 aliphatic carbocycles. The van der Waals surface area contributed by atoms with Crippen molar-refractivity contribution < 1.29 is 14.3 Å². The van der Waals surface area contributed by atoms with Crippen LogP contribution in [0.3, 0.4) is 0 Å². The van der Waals surface area contributed by atoms with Gasteiger partial charge in [-0.25, -0.2) is 4.98 Å². The number of benzene rings is 1. The molecule has 0 bridgehead atoms. The molecule has 0 radical (unpaired) electrons. The summed E-state index contributed by atoms with van der Waals surface area (Å²) in [6.07, 6.45) is 0.765. The van der Waals surface area contributed by atoms with E-state index in [2.05, 4.69) is 0 Å². The Hall–Kier alpha value is -1.93. The highest BCUT2D eigenvalue weighted by Gasteiger charge is 2.25. The van der Waals surface area contributed by atoms with Crippen LogP contribution in [0.5, 0.6) is 5.75 Å². The van der Waals surface area contributed by atoms with Gasteiger partial charge in [0.25, 0.3) is 5.56 Å². The first-order valence-electron chi connectivity index (χ1n) is 8.90. The first-order valence-corrected chi connectivity index (χ1v) is 10.8. The second-order valence-corrected chi connectivity index (χ2v) is 8.26. The average molecular weight is 407 g/mol. The van der Waals surface area contributed by atoms with E-state index in [0.29, 0.717) is 29.0 Å². The molecule has 0 spiro atoms. The number of carbonyl (C=O) groups excluding carboxylic acids is 1. The maximum atomic E-state index is 13.1. The minimum Gasteiger partial charge on any atom is -0.494 e. The van der Waals surface area contributed by atoms with Gasteiger partial charge in [-0.3, -0.25) is 14.2 Å². The van der Waals surface area contributed by atoms with Gasteiger partial charge < -0.3 is 9.47 Å². The van der Waals surface area contributed by atoms with E-state index in [9.17, 15) is 9.59 Å². The molecule has 1 aromatic carbocycles. The Kier molecular flexibility index (Phi) is 6.49. The molecule has 3 rings (SSSR count). The van der Waals surface area contributed by atoms with Crippen LogP contribution in [-0.4, -0.2) is 39.7 Å². The highest BCUT2D eigenvalue weighted by atomic mass is 32.2. The Morgan fingerprint density at radius 3 is 2.70 bits per heavy atom. The number of aryl methyl sites for hydroxylation is 1. The van der Waals surface area contributed by atoms with Crippen molar-refractivity contribution in [1.29, 1.82) is 0 Å². The van der Waals surface area contributed by atoms with Crippen molar-refractivity contribution in [2.45, 2.75) is 42.5 Å². The molecule has 1 unspecified atom stereocenters. The molecule has 0 fully saturated rings. The van der Waals surface area contributed by atoms with Crippen LogP contribution in [0.25, 0.3) is 5.69 Å². The number of aromatic nitrogens is 2. The number of nitrogens with zero attached hydrogens (tertiary/aromatic N) is 2. The summed E-state index contributed by atoms with van der Waals surface area (Å²) in [7, 11) is 0. The van der Waals surface area contributed by atoms with Gasteiger partial charge in [0.15, 0.2) is 5.16 Å². The zero-order valence-electron chi connectivity index (χ0n) is 15.6. The average Bonchev–Trinajstić information content (AvgIpc) is 3.12. The van der Waals surface area contributed by atoms with Crippen LogP contribution >= 0.6 is 23.5 Å². The fraction of sp³-hybridized carbons (Fsp3) is 0.421. The van der Waals surface area contributed by atoms with Crippen LogP contribution in [-0.2, 0) is 16.0 Å². The predicted octanol–water partition coefficient (Wildman–Crippen LogP) is 3.32. The Balaban J connectivity index is 2.03. The van der Waals surface area contributed by atoms with Crippen molar-refractivity contribution in [1.82, 2.24) is 9.55 Å². The zero-order valence-corrected chi connectivity index (χ0v) is 17.2. The summed E-state index contributed by atoms with van der Waals surface area (Å²) in [6, 6.07) is 7.32. The number of fused-ring (bicyclic) bond motifs is 1. The standard InChI is InChI=1S/C19H22N2O4S2/c1-4-24-14-8-6-13(7-9-14)21-17(22)16-15(10-11-26-16)20-19(21)27-12(3)18(23)25-5-2/h6-9,12H,4-5,10-11H2,1-3H3. The molecule has 8 heteroatoms. The topological polar surface area (TPSA) is 70.4 Å². The summed E-state index contributed by atoms with van der Waals surface area (Å²) in [5.41, 5.74) is 1.42. The fourth-order valence-electron chi connectivity index (χ4n) is 2.72. The molecule has 0 saturated heterocycles. The molecule has 1 aliphatic rings. The fourth-order valence-corrected chi connectivity index (χ4v) is 4.69. The molecule has 1 aliphatic heterocycles. The highest BCUT2D eigenvalue weighted by molar-refractivity contribution is 8.00. The van der Waals surface area contributed by atoms with Crippen molar-refractivity contribution in [2.75, 3.05) is 19.0 Å². The molecule has 2 aromatic rings. The maximum absolute atomic E-state index is 13.1. The number of ether oxygens (including phenoxy) is 2. The van der Waals surface area contributed by atoms with E-state index >= 15 is 0 Å². The third-order valence-corrected chi connectivity index (χ3v) is 6.11. The normalized spacial score (nSPS) is 13.9. The van der Waals surface area contributed by atoms with E-state index in [0.717, 1.165) is 23.6 Å². The Bertz CT molecular complexity index is 881. The van der Waals surface area contributed by atoms with Gasteiger partial charge in [0.2, 0.25) is 0 Å². The van der Waals surface area contributed by atoms with Crippen molar-refractivity contribution in [3.05, 3.63) is 40.3 Å². The molecule has 1 aromatic heterocycles. The largest absolute Gasteiger partial charge is 0.494 e. The maximum Gasteiger partial charge on any atom is 0.319 e. The predicted molar refractivity (Wildman–Crippen MR) is 107 cm³/mol. The monoisotopic (exact) mass is 406 g/mol. The van der Waals surface area contributed by atoms with Crippen LogP contribution in [0.2, 0.25) is 0 Å². The Morgan fingerprint density at radius 2 is 2.04 bits per heavy atom. The lowest BCUT2D eigenvalue weighted by Crippen LogP contribution is -2.26. The molecule has 6 nitrogen and oxygen atoms in total. The first-order chi connectivity index (χ1) is 13.0. The lowest BCUT2D eigenvalue weighted by atomic mass is 10.3. The van der Waals surface area contributed by atoms with Gasteiger partial charge in [-0.1, -0.05) is 11.8 Å². The second kappa shape index (κ2) is 8.84. The number of rotatable bonds is 7. The second-order valence-electron chi connectivity index (χ2n) is 5.85. The van der Waals surface area contributed by atoms with E-state index in [1.807, 2.05) is 31.2 Å². The summed E-state index contributed by atoms with van der Waals surface area (Å²) in [6.45, 7) is 6.36. The summed E-state index contributed by atoms with van der Waals surface area (Å²) >= 11 is 2.78. The van der Waals surface area contributed by atoms with Crippen molar-refractivity contribution in [3.63, 3.8) is 0 Å². The van der Waals surface area contributed by atoms with Gasteiger partial charge in [0.05, 0.1) is 29.5 Å². The molecule has 144 valence electrons. The van der Waals surface area contributed by atoms with E-state index in [1.54, 1.807) is 18.4 Å². The summed E-state index contributed by atoms with van der Waals surface area (Å²) < 4.78 is 12.1. The quantitative estimate of drug-likeness (QED) is 0.397. The molecule has 0 amide bonds. The SMILES string of the molecule is CCOC(=O)C(C)Sc1nc2c(c(=O)n1-c1ccc(OCC)cc1)SCC2. The van der Waals surface area contributed by atoms with E-state index < -0.39 is 5.25 Å². The summed E-state index contributed by atoms with van der Waals surface area (Å²) in [4.78, 5) is 30.6. The molecule has 0 N–H and O–H groups in total. The van der Waals surface area contributed by atoms with E-state index in [1.165, 1.54) is 23.5 Å². The smallest absolute Gasteiger partial charge is 0.319 e. The van der Waals surface area contributed by atoms with Gasteiger partial charge >= 0.3 is 5.97 Å². The highest BCUT2D eigenvalue weighted by Crippen LogP contribution is 2.31. The van der Waals surface area contributed by atoms with Gasteiger partial charge in [-0.2, -0.15) is 0 Å². The minimum absolute atomic E-state index is 0.0924. The number of esters is 1. The lowest BCUT2D eigenvalue weighted by molar-refractivity contribution is -0.142. The Labute approximate surface area is 166 Å². The molecular formula is C19H22N2O4S2. The first kappa shape index (κ1) is 19.8. The Morgan fingerprint density at radius 1 is 1.30 bits per heavy atom. The van der Waals surface area contributed by atoms with Crippen molar-refractivity contribution in [2.24, 2.45) is 0 Å². The number of hydrogen-bond donors (Lipinski definition) is 0. The van der Waals surface area contributed by atoms with Gasteiger partial charge in [0.1, 0.15) is 11.0 Å². The van der Waals surface area contributed by atoms with Crippen LogP contribution < -0.4 is 10.3 Å². The van der Waals surface area contributed by atoms with Crippen LogP contribution in [0.15, 0.2) is 39.1 Å². The van der Waals surface area contributed by atoms with Crippen LogP contribution in [0.1, 0.15) is 26.5 Å². The van der Waals surface area contributed by atoms with Crippen molar-refractivity contribution >= 4 is 29.5 Å². The van der Waals surface area contributed by atoms with Crippen LogP contribution in [0, 0.1) is 0 Å². The number of thioether (sulfide) groups is 2. The zero-order chi connectivity index (χ0) is 19.4. The summed E-state index contributed by atoms with van der Waals surface area (Å²) in [5, 5.41) is 0.0452. The molecular weight excluding hydrogens is 384 g/mol. The molecule has 0 saturated carbocycles. The van der Waals surface area contributed by atoms with Gasteiger partial charge in [0, 0.05) is 12.2 Å². The van der Waals surface area contributed by atoms with Gasteiger partial charge in [-0.05, 0) is 45.0 Å². The minimum atomic E-state index is -0.460. The third-order valence-electron chi connectivity index (χ3n) is 3.97. The van der Waals surface area contributed by atoms with Gasteiger partial charge in [-0.15, -0.1) is 11.8 Å². The third kappa shape index (κ3) is 4.32. The van der Waals surface area contributed by atoms with Crippen molar-refractivity contribution in [3.8, 4) is 11.4 Å². The van der Waals surface area contributed by atoms with Crippen LogP contribution in [0.4, 0.5) is 0 Å². The van der Waals surface area contributed by atoms with E-state index in [-0.39, 0.29) is 11.5 Å². The molecule has 1 atom stereocenters. The number of hydrogen-bond acceptors (Lipinski definition) is 7. The number of carbonyl (C=O) groups is 1. The molecule has 27 heavy (non-hydrogen) atoms.